The summed E-state index contributed by atoms with van der Waals surface area (Å²) in [4.78, 5) is 37.7. The van der Waals surface area contributed by atoms with Gasteiger partial charge in [-0.15, -0.1) is 0 Å². The first kappa shape index (κ1) is 17.4. The van der Waals surface area contributed by atoms with Crippen LogP contribution in [-0.2, 0) is 4.79 Å². The molecular weight excluding hydrogens is 364 g/mol. The number of nitro groups is 1. The van der Waals surface area contributed by atoms with Crippen molar-refractivity contribution in [2.24, 2.45) is 0 Å². The van der Waals surface area contributed by atoms with Crippen LogP contribution in [-0.4, -0.2) is 21.7 Å². The van der Waals surface area contributed by atoms with E-state index in [-0.39, 0.29) is 28.2 Å². The summed E-state index contributed by atoms with van der Waals surface area (Å²) < 4.78 is 5.43. The van der Waals surface area contributed by atoms with E-state index in [4.69, 9.17) is 16.0 Å². The third-order valence-electron chi connectivity index (χ3n) is 3.33. The number of hydrogen-bond donors (Lipinski definition) is 2. The Balaban J connectivity index is 1.86. The second-order valence-electron chi connectivity index (χ2n) is 5.26. The number of nitro benzene ring substituents is 1. The zero-order valence-corrected chi connectivity index (χ0v) is 14.0. The van der Waals surface area contributed by atoms with Crippen molar-refractivity contribution in [2.75, 3.05) is 10.6 Å². The second kappa shape index (κ2) is 6.81. The van der Waals surface area contributed by atoms with E-state index >= 15 is 0 Å². The van der Waals surface area contributed by atoms with Gasteiger partial charge in [0, 0.05) is 30.8 Å². The number of amides is 2. The molecule has 26 heavy (non-hydrogen) atoms. The van der Waals surface area contributed by atoms with Gasteiger partial charge in [-0.2, -0.15) is 4.98 Å². The summed E-state index contributed by atoms with van der Waals surface area (Å²) >= 11 is 5.94. The van der Waals surface area contributed by atoms with Crippen molar-refractivity contribution in [1.82, 2.24) is 4.98 Å². The average Bonchev–Trinajstić information content (AvgIpc) is 2.95. The van der Waals surface area contributed by atoms with Crippen molar-refractivity contribution in [3.05, 3.63) is 57.1 Å². The Morgan fingerprint density at radius 1 is 1.19 bits per heavy atom. The number of rotatable bonds is 4. The number of carbonyl (C=O) groups excluding carboxylic acids is 2. The van der Waals surface area contributed by atoms with Crippen LogP contribution in [0.2, 0.25) is 5.02 Å². The minimum absolute atomic E-state index is 0.0529. The first-order valence-electron chi connectivity index (χ1n) is 7.27. The van der Waals surface area contributed by atoms with E-state index in [2.05, 4.69) is 15.6 Å². The van der Waals surface area contributed by atoms with Crippen LogP contribution in [0.25, 0.3) is 11.1 Å². The highest BCUT2D eigenvalue weighted by molar-refractivity contribution is 6.34. The molecule has 9 nitrogen and oxygen atoms in total. The van der Waals surface area contributed by atoms with Gasteiger partial charge in [0.05, 0.1) is 15.5 Å². The van der Waals surface area contributed by atoms with Gasteiger partial charge in [-0.25, -0.2) is 0 Å². The number of non-ortho nitro benzene ring substituents is 1. The molecule has 3 aromatic rings. The Hall–Kier alpha value is -3.46. The molecule has 2 amide bonds. The molecule has 0 aliphatic heterocycles. The lowest BCUT2D eigenvalue weighted by atomic mass is 10.2. The summed E-state index contributed by atoms with van der Waals surface area (Å²) in [6.45, 7) is 1.37. The number of aromatic nitrogens is 1. The molecule has 1 heterocycles. The number of fused-ring (bicyclic) bond motifs is 1. The van der Waals surface area contributed by atoms with E-state index in [0.717, 1.165) is 6.07 Å². The van der Waals surface area contributed by atoms with E-state index in [1.807, 2.05) is 0 Å². The Morgan fingerprint density at radius 3 is 2.65 bits per heavy atom. The number of nitrogens with one attached hydrogen (secondary N) is 2. The summed E-state index contributed by atoms with van der Waals surface area (Å²) in [5.41, 5.74) is 0.969. The highest BCUT2D eigenvalue weighted by atomic mass is 35.5. The molecule has 0 unspecified atom stereocenters. The largest absolute Gasteiger partial charge is 0.423 e. The lowest BCUT2D eigenvalue weighted by Crippen LogP contribution is -2.13. The van der Waals surface area contributed by atoms with Crippen molar-refractivity contribution in [1.29, 1.82) is 0 Å². The number of hydrogen-bond acceptors (Lipinski definition) is 6. The van der Waals surface area contributed by atoms with Crippen LogP contribution in [0.15, 0.2) is 40.8 Å². The molecule has 0 atom stereocenters. The maximum atomic E-state index is 12.3. The van der Waals surface area contributed by atoms with Crippen molar-refractivity contribution in [2.45, 2.75) is 6.92 Å². The first-order valence-corrected chi connectivity index (χ1v) is 7.65. The van der Waals surface area contributed by atoms with Gasteiger partial charge < -0.3 is 9.73 Å². The summed E-state index contributed by atoms with van der Waals surface area (Å²) in [7, 11) is 0. The first-order chi connectivity index (χ1) is 12.3. The number of halogens is 1. The smallest absolute Gasteiger partial charge is 0.302 e. The molecule has 0 aliphatic carbocycles. The number of oxazole rings is 1. The molecule has 0 radical (unpaired) electrons. The maximum absolute atomic E-state index is 12.3. The molecule has 1 aromatic heterocycles. The molecule has 132 valence electrons. The number of anilines is 2. The topological polar surface area (TPSA) is 127 Å². The van der Waals surface area contributed by atoms with Gasteiger partial charge in [-0.1, -0.05) is 11.6 Å². The third-order valence-corrected chi connectivity index (χ3v) is 3.66. The molecule has 0 spiro atoms. The van der Waals surface area contributed by atoms with E-state index in [1.54, 1.807) is 18.2 Å². The zero-order chi connectivity index (χ0) is 18.8. The highest BCUT2D eigenvalue weighted by Gasteiger charge is 2.18. The SMILES string of the molecule is CC(=O)Nc1ccc2nc(NC(=O)c3cc([N+](=O)[O-])ccc3Cl)oc2c1. The molecule has 10 heteroatoms. The van der Waals surface area contributed by atoms with Gasteiger partial charge in [0.2, 0.25) is 5.91 Å². The van der Waals surface area contributed by atoms with Crippen LogP contribution in [0, 0.1) is 10.1 Å². The summed E-state index contributed by atoms with van der Waals surface area (Å²) in [5.74, 6) is -0.940. The summed E-state index contributed by atoms with van der Waals surface area (Å²) in [6.07, 6.45) is 0. The van der Waals surface area contributed by atoms with E-state index < -0.39 is 10.8 Å². The fourth-order valence-electron chi connectivity index (χ4n) is 2.22. The molecule has 0 saturated heterocycles. The number of benzene rings is 2. The normalized spacial score (nSPS) is 10.5. The lowest BCUT2D eigenvalue weighted by molar-refractivity contribution is -0.384. The summed E-state index contributed by atoms with van der Waals surface area (Å²) in [5, 5.41) is 15.9. The van der Waals surface area contributed by atoms with Crippen LogP contribution < -0.4 is 10.6 Å². The average molecular weight is 375 g/mol. The van der Waals surface area contributed by atoms with E-state index in [9.17, 15) is 19.7 Å². The Kier molecular flexibility index (Phi) is 4.55. The quantitative estimate of drug-likeness (QED) is 0.530. The van der Waals surface area contributed by atoms with Crippen molar-refractivity contribution < 1.29 is 18.9 Å². The predicted octanol–water partition coefficient (Wildman–Crippen LogP) is 3.60. The Labute approximate surface area is 151 Å². The van der Waals surface area contributed by atoms with E-state index in [0.29, 0.717) is 16.8 Å². The van der Waals surface area contributed by atoms with Gasteiger partial charge in [-0.3, -0.25) is 25.0 Å². The molecular formula is C16H11ClN4O5. The third kappa shape index (κ3) is 3.62. The molecule has 0 saturated carbocycles. The number of carbonyl (C=O) groups is 2. The molecule has 3 rings (SSSR count). The van der Waals surface area contributed by atoms with Crippen LogP contribution in [0.5, 0.6) is 0 Å². The van der Waals surface area contributed by atoms with Gasteiger partial charge in [-0.05, 0) is 18.2 Å². The minimum atomic E-state index is -0.702. The predicted molar refractivity (Wildman–Crippen MR) is 94.4 cm³/mol. The van der Waals surface area contributed by atoms with Gasteiger partial charge in [0.15, 0.2) is 5.58 Å². The van der Waals surface area contributed by atoms with Gasteiger partial charge >= 0.3 is 6.01 Å². The number of nitrogens with zero attached hydrogens (tertiary/aromatic N) is 2. The van der Waals surface area contributed by atoms with Crippen LogP contribution in [0.1, 0.15) is 17.3 Å². The second-order valence-corrected chi connectivity index (χ2v) is 5.67. The van der Waals surface area contributed by atoms with Gasteiger partial charge in [0.25, 0.3) is 11.6 Å². The molecule has 2 aromatic carbocycles. The molecule has 0 fully saturated rings. The van der Waals surface area contributed by atoms with Crippen molar-refractivity contribution in [3.8, 4) is 0 Å². The fraction of sp³-hybridized carbons (Fsp3) is 0.0625. The fourth-order valence-corrected chi connectivity index (χ4v) is 2.43. The van der Waals surface area contributed by atoms with Crippen LogP contribution in [0.3, 0.4) is 0 Å². The van der Waals surface area contributed by atoms with Crippen molar-refractivity contribution in [3.63, 3.8) is 0 Å². The molecule has 0 bridgehead atoms. The van der Waals surface area contributed by atoms with Crippen LogP contribution >= 0.6 is 11.6 Å². The maximum Gasteiger partial charge on any atom is 0.302 e. The monoisotopic (exact) mass is 374 g/mol. The van der Waals surface area contributed by atoms with Crippen molar-refractivity contribution >= 4 is 51.9 Å². The Bertz CT molecular complexity index is 1050. The molecule has 0 aliphatic rings. The minimum Gasteiger partial charge on any atom is -0.423 e. The standard InChI is InChI=1S/C16H11ClN4O5/c1-8(22)18-9-2-5-13-14(6-9)26-16(19-13)20-15(23)11-7-10(21(24)25)3-4-12(11)17/h2-7H,1H3,(H,18,22)(H,19,20,23). The van der Waals surface area contributed by atoms with Crippen LogP contribution in [0.4, 0.5) is 17.4 Å². The van der Waals surface area contributed by atoms with Gasteiger partial charge in [0.1, 0.15) is 5.52 Å². The Morgan fingerprint density at radius 2 is 1.96 bits per heavy atom. The zero-order valence-electron chi connectivity index (χ0n) is 13.3. The lowest BCUT2D eigenvalue weighted by Gasteiger charge is -2.03. The van der Waals surface area contributed by atoms with E-state index in [1.165, 1.54) is 19.1 Å². The summed E-state index contributed by atoms with van der Waals surface area (Å²) in [6, 6.07) is 8.22. The highest BCUT2D eigenvalue weighted by Crippen LogP contribution is 2.25. The molecule has 2 N–H and O–H groups in total.